The van der Waals surface area contributed by atoms with Gasteiger partial charge in [0.1, 0.15) is 18.4 Å². The van der Waals surface area contributed by atoms with E-state index >= 15 is 0 Å². The topological polar surface area (TPSA) is 71.2 Å². The molecule has 1 unspecified atom stereocenters. The van der Waals surface area contributed by atoms with Crippen LogP contribution in [0.1, 0.15) is 24.9 Å². The Kier molecular flexibility index (Phi) is 4.34. The van der Waals surface area contributed by atoms with E-state index in [1.54, 1.807) is 35.1 Å². The van der Waals surface area contributed by atoms with Gasteiger partial charge in [-0.3, -0.25) is 9.48 Å². The second-order valence-electron chi connectivity index (χ2n) is 4.68. The fraction of sp³-hybridized carbons (Fsp3) is 0.357. The lowest BCUT2D eigenvalue weighted by molar-refractivity contribution is -0.132. The smallest absolute Gasteiger partial charge is 0.224 e. The first-order valence-electron chi connectivity index (χ1n) is 6.45. The van der Waals surface area contributed by atoms with E-state index in [0.717, 1.165) is 5.56 Å². The third kappa shape index (κ3) is 3.34. The van der Waals surface area contributed by atoms with Crippen LogP contribution in [0.25, 0.3) is 0 Å². The van der Waals surface area contributed by atoms with E-state index in [4.69, 9.17) is 0 Å². The number of aryl methyl sites for hydroxylation is 1. The molecule has 6 heteroatoms. The first-order valence-corrected chi connectivity index (χ1v) is 6.45. The highest BCUT2D eigenvalue weighted by atomic mass is 16.3. The van der Waals surface area contributed by atoms with Gasteiger partial charge in [-0.05, 0) is 24.6 Å². The van der Waals surface area contributed by atoms with Crippen LogP contribution in [0, 0.1) is 0 Å². The molecule has 1 heterocycles. The van der Waals surface area contributed by atoms with Crippen molar-refractivity contribution in [2.24, 2.45) is 0 Å². The third-order valence-corrected chi connectivity index (χ3v) is 3.37. The van der Waals surface area contributed by atoms with E-state index in [0.29, 0.717) is 13.0 Å². The molecule has 1 aromatic heterocycles. The van der Waals surface area contributed by atoms with Crippen LogP contribution in [0.2, 0.25) is 0 Å². The van der Waals surface area contributed by atoms with Gasteiger partial charge in [-0.2, -0.15) is 5.10 Å². The largest absolute Gasteiger partial charge is 0.508 e. The first-order chi connectivity index (χ1) is 9.58. The lowest BCUT2D eigenvalue weighted by Crippen LogP contribution is -2.30. The molecule has 0 aliphatic heterocycles. The number of amides is 1. The molecule has 1 N–H and O–H groups in total. The van der Waals surface area contributed by atoms with Crippen LogP contribution in [0.5, 0.6) is 5.75 Å². The average molecular weight is 274 g/mol. The predicted molar refractivity (Wildman–Crippen MR) is 73.9 cm³/mol. The Labute approximate surface area is 117 Å². The lowest BCUT2D eigenvalue weighted by atomic mass is 10.1. The van der Waals surface area contributed by atoms with Crippen molar-refractivity contribution in [2.45, 2.75) is 25.9 Å². The van der Waals surface area contributed by atoms with Crippen molar-refractivity contribution in [2.75, 3.05) is 7.05 Å². The van der Waals surface area contributed by atoms with Crippen LogP contribution < -0.4 is 0 Å². The molecule has 1 amide bonds. The summed E-state index contributed by atoms with van der Waals surface area (Å²) in [6.07, 6.45) is 3.42. The Bertz CT molecular complexity index is 551. The number of carbonyl (C=O) groups excluding carboxylic acids is 1. The summed E-state index contributed by atoms with van der Waals surface area (Å²) in [6.45, 7) is 2.48. The van der Waals surface area contributed by atoms with E-state index in [1.165, 1.54) is 6.33 Å². The maximum Gasteiger partial charge on any atom is 0.224 e. The zero-order valence-corrected chi connectivity index (χ0v) is 11.6. The van der Waals surface area contributed by atoms with Crippen LogP contribution in [0.3, 0.4) is 0 Å². The standard InChI is InChI=1S/C14H18N4O2/c1-11(12-3-5-13(19)6-4-12)17(2)14(20)7-8-18-10-15-9-16-18/h3-6,9-11,19H,7-8H2,1-2H3. The van der Waals surface area contributed by atoms with Gasteiger partial charge >= 0.3 is 0 Å². The van der Waals surface area contributed by atoms with Gasteiger partial charge in [0.15, 0.2) is 0 Å². The fourth-order valence-corrected chi connectivity index (χ4v) is 1.93. The number of hydrogen-bond donors (Lipinski definition) is 1. The second-order valence-corrected chi connectivity index (χ2v) is 4.68. The minimum atomic E-state index is -0.0427. The van der Waals surface area contributed by atoms with Crippen LogP contribution in [0.15, 0.2) is 36.9 Å². The Morgan fingerprint density at radius 1 is 1.40 bits per heavy atom. The van der Waals surface area contributed by atoms with Crippen molar-refractivity contribution in [3.05, 3.63) is 42.5 Å². The van der Waals surface area contributed by atoms with E-state index in [9.17, 15) is 9.90 Å². The van der Waals surface area contributed by atoms with Gasteiger partial charge in [0.25, 0.3) is 0 Å². The van der Waals surface area contributed by atoms with Gasteiger partial charge < -0.3 is 10.0 Å². The molecule has 106 valence electrons. The summed E-state index contributed by atoms with van der Waals surface area (Å²) >= 11 is 0. The van der Waals surface area contributed by atoms with Crippen LogP contribution >= 0.6 is 0 Å². The quantitative estimate of drug-likeness (QED) is 0.898. The summed E-state index contributed by atoms with van der Waals surface area (Å²) in [4.78, 5) is 17.7. The molecule has 6 nitrogen and oxygen atoms in total. The van der Waals surface area contributed by atoms with Gasteiger partial charge in [-0.1, -0.05) is 12.1 Å². The molecule has 0 fully saturated rings. The van der Waals surface area contributed by atoms with Gasteiger partial charge in [-0.25, -0.2) is 4.98 Å². The Hall–Kier alpha value is -2.37. The van der Waals surface area contributed by atoms with Crippen molar-refractivity contribution < 1.29 is 9.90 Å². The SMILES string of the molecule is CC(c1ccc(O)cc1)N(C)C(=O)CCn1cncn1. The van der Waals surface area contributed by atoms with E-state index in [2.05, 4.69) is 10.1 Å². The maximum absolute atomic E-state index is 12.1. The number of aromatic hydroxyl groups is 1. The molecule has 0 saturated heterocycles. The highest BCUT2D eigenvalue weighted by molar-refractivity contribution is 5.76. The normalized spacial score (nSPS) is 12.1. The maximum atomic E-state index is 12.1. The molecule has 1 aromatic carbocycles. The van der Waals surface area contributed by atoms with Crippen LogP contribution in [-0.4, -0.2) is 37.7 Å². The molecule has 0 bridgehead atoms. The molecule has 0 spiro atoms. The van der Waals surface area contributed by atoms with Crippen molar-refractivity contribution in [3.8, 4) is 5.75 Å². The number of aromatic nitrogens is 3. The summed E-state index contributed by atoms with van der Waals surface area (Å²) in [5, 5.41) is 13.2. The molecule has 0 aliphatic rings. The highest BCUT2D eigenvalue weighted by Gasteiger charge is 2.17. The van der Waals surface area contributed by atoms with Crippen molar-refractivity contribution in [1.82, 2.24) is 19.7 Å². The number of benzene rings is 1. The molecule has 0 saturated carbocycles. The molecular weight excluding hydrogens is 256 g/mol. The molecule has 2 rings (SSSR count). The van der Waals surface area contributed by atoms with Gasteiger partial charge in [0.2, 0.25) is 5.91 Å². The Morgan fingerprint density at radius 2 is 2.10 bits per heavy atom. The summed E-state index contributed by atoms with van der Waals surface area (Å²) in [7, 11) is 1.78. The van der Waals surface area contributed by atoms with E-state index in [-0.39, 0.29) is 17.7 Å². The number of nitrogens with zero attached hydrogens (tertiary/aromatic N) is 4. The first kappa shape index (κ1) is 14.0. The minimum Gasteiger partial charge on any atom is -0.508 e. The fourth-order valence-electron chi connectivity index (χ4n) is 1.93. The lowest BCUT2D eigenvalue weighted by Gasteiger charge is -2.25. The Balaban J connectivity index is 1.93. The van der Waals surface area contributed by atoms with E-state index < -0.39 is 0 Å². The highest BCUT2D eigenvalue weighted by Crippen LogP contribution is 2.21. The zero-order chi connectivity index (χ0) is 14.5. The van der Waals surface area contributed by atoms with Crippen molar-refractivity contribution >= 4 is 5.91 Å². The molecule has 0 radical (unpaired) electrons. The minimum absolute atomic E-state index is 0.0427. The second kappa shape index (κ2) is 6.18. The van der Waals surface area contributed by atoms with Crippen LogP contribution in [0.4, 0.5) is 0 Å². The van der Waals surface area contributed by atoms with Crippen molar-refractivity contribution in [1.29, 1.82) is 0 Å². The number of carbonyl (C=O) groups is 1. The van der Waals surface area contributed by atoms with Gasteiger partial charge in [0, 0.05) is 13.5 Å². The van der Waals surface area contributed by atoms with E-state index in [1.807, 2.05) is 19.1 Å². The summed E-state index contributed by atoms with van der Waals surface area (Å²) in [6, 6.07) is 6.85. The summed E-state index contributed by atoms with van der Waals surface area (Å²) in [5.41, 5.74) is 0.986. The van der Waals surface area contributed by atoms with Crippen molar-refractivity contribution in [3.63, 3.8) is 0 Å². The number of rotatable bonds is 5. The molecule has 2 aromatic rings. The monoisotopic (exact) mass is 274 g/mol. The third-order valence-electron chi connectivity index (χ3n) is 3.37. The van der Waals surface area contributed by atoms with Gasteiger partial charge in [0.05, 0.1) is 12.6 Å². The summed E-state index contributed by atoms with van der Waals surface area (Å²) < 4.78 is 1.64. The molecule has 0 aliphatic carbocycles. The molecule has 20 heavy (non-hydrogen) atoms. The predicted octanol–water partition coefficient (Wildman–Crippen LogP) is 1.59. The van der Waals surface area contributed by atoms with Crippen LogP contribution in [-0.2, 0) is 11.3 Å². The molecular formula is C14H18N4O2. The number of hydrogen-bond acceptors (Lipinski definition) is 4. The number of phenols is 1. The average Bonchev–Trinajstić information content (AvgIpc) is 2.97. The Morgan fingerprint density at radius 3 is 2.70 bits per heavy atom. The summed E-state index contributed by atoms with van der Waals surface area (Å²) in [5.74, 6) is 0.266. The molecule has 1 atom stereocenters. The number of phenolic OH excluding ortho intramolecular Hbond substituents is 1. The van der Waals surface area contributed by atoms with Gasteiger partial charge in [-0.15, -0.1) is 0 Å². The zero-order valence-electron chi connectivity index (χ0n) is 11.6.